The summed E-state index contributed by atoms with van der Waals surface area (Å²) in [6.07, 6.45) is 2.74. The Labute approximate surface area is 111 Å². The molecule has 1 saturated heterocycles. The molecule has 5 heteroatoms. The van der Waals surface area contributed by atoms with Crippen molar-refractivity contribution in [1.29, 1.82) is 0 Å². The number of carbonyl (C=O) groups excluding carboxylic acids is 1. The van der Waals surface area contributed by atoms with Crippen LogP contribution in [0.3, 0.4) is 0 Å². The van der Waals surface area contributed by atoms with E-state index in [2.05, 4.69) is 17.1 Å². The van der Waals surface area contributed by atoms with E-state index in [1.807, 2.05) is 23.1 Å². The van der Waals surface area contributed by atoms with Gasteiger partial charge in [-0.15, -0.1) is 0 Å². The average molecular weight is 258 g/mol. The molecule has 0 bridgehead atoms. The molecule has 2 atom stereocenters. The highest BCUT2D eigenvalue weighted by atomic mass is 16.2. The molecular weight excluding hydrogens is 240 g/mol. The van der Waals surface area contributed by atoms with Crippen LogP contribution in [0, 0.1) is 5.92 Å². The molecule has 5 nitrogen and oxygen atoms in total. The normalized spacial score (nSPS) is 23.8. The van der Waals surface area contributed by atoms with Gasteiger partial charge in [0.2, 0.25) is 0 Å². The number of benzene rings is 1. The molecule has 0 radical (unpaired) electrons. The molecule has 2 unspecified atom stereocenters. The van der Waals surface area contributed by atoms with E-state index in [1.165, 1.54) is 0 Å². The summed E-state index contributed by atoms with van der Waals surface area (Å²) in [6, 6.07) is 5.71. The number of fused-ring (bicyclic) bond motifs is 1. The highest BCUT2D eigenvalue weighted by molar-refractivity contribution is 5.97. The molecule has 0 spiro atoms. The molecule has 1 aromatic carbocycles. The Kier molecular flexibility index (Phi) is 2.98. The molecule has 0 saturated carbocycles. The van der Waals surface area contributed by atoms with Gasteiger partial charge in [0.15, 0.2) is 0 Å². The number of nitrogens with zero attached hydrogens (tertiary/aromatic N) is 2. The Morgan fingerprint density at radius 1 is 1.47 bits per heavy atom. The lowest BCUT2D eigenvalue weighted by atomic mass is 9.96. The zero-order valence-corrected chi connectivity index (χ0v) is 11.0. The van der Waals surface area contributed by atoms with Crippen LogP contribution >= 0.6 is 0 Å². The van der Waals surface area contributed by atoms with Crippen LogP contribution in [0.1, 0.15) is 23.7 Å². The first kappa shape index (κ1) is 12.2. The van der Waals surface area contributed by atoms with E-state index in [0.717, 1.165) is 23.9 Å². The van der Waals surface area contributed by atoms with Gasteiger partial charge in [-0.2, -0.15) is 5.10 Å². The summed E-state index contributed by atoms with van der Waals surface area (Å²) in [7, 11) is 0. The average Bonchev–Trinajstić information content (AvgIpc) is 2.83. The highest BCUT2D eigenvalue weighted by Crippen LogP contribution is 2.19. The summed E-state index contributed by atoms with van der Waals surface area (Å²) in [6.45, 7) is 3.56. The van der Waals surface area contributed by atoms with Gasteiger partial charge in [0, 0.05) is 30.1 Å². The Morgan fingerprint density at radius 2 is 2.32 bits per heavy atom. The van der Waals surface area contributed by atoms with Crippen LogP contribution in [0.2, 0.25) is 0 Å². The van der Waals surface area contributed by atoms with E-state index in [4.69, 9.17) is 5.73 Å². The first-order valence-electron chi connectivity index (χ1n) is 6.61. The van der Waals surface area contributed by atoms with Crippen LogP contribution in [0.5, 0.6) is 0 Å². The third-order valence-corrected chi connectivity index (χ3v) is 3.67. The van der Waals surface area contributed by atoms with Gasteiger partial charge in [-0.1, -0.05) is 13.0 Å². The maximum Gasteiger partial charge on any atom is 0.253 e. The van der Waals surface area contributed by atoms with Gasteiger partial charge in [0.25, 0.3) is 5.91 Å². The van der Waals surface area contributed by atoms with Crippen LogP contribution < -0.4 is 5.73 Å². The summed E-state index contributed by atoms with van der Waals surface area (Å²) in [5.74, 6) is 0.516. The molecule has 0 aliphatic carbocycles. The minimum absolute atomic E-state index is 0.0542. The number of rotatable bonds is 1. The van der Waals surface area contributed by atoms with Gasteiger partial charge in [-0.3, -0.25) is 9.89 Å². The highest BCUT2D eigenvalue weighted by Gasteiger charge is 2.26. The molecule has 100 valence electrons. The number of piperidine rings is 1. The molecule has 1 aliphatic heterocycles. The third-order valence-electron chi connectivity index (χ3n) is 3.67. The van der Waals surface area contributed by atoms with Crippen molar-refractivity contribution >= 4 is 16.8 Å². The maximum absolute atomic E-state index is 12.5. The Bertz CT molecular complexity index is 596. The second-order valence-corrected chi connectivity index (χ2v) is 5.48. The van der Waals surface area contributed by atoms with Crippen molar-refractivity contribution in [3.63, 3.8) is 0 Å². The molecule has 3 rings (SSSR count). The maximum atomic E-state index is 12.5. The third kappa shape index (κ3) is 2.33. The van der Waals surface area contributed by atoms with Gasteiger partial charge in [-0.05, 0) is 24.5 Å². The molecular formula is C14H18N4O. The first-order chi connectivity index (χ1) is 9.13. The molecule has 3 N–H and O–H groups in total. The second-order valence-electron chi connectivity index (χ2n) is 5.48. The van der Waals surface area contributed by atoms with E-state index in [0.29, 0.717) is 18.0 Å². The predicted molar refractivity (Wildman–Crippen MR) is 73.8 cm³/mol. The number of carbonyl (C=O) groups is 1. The van der Waals surface area contributed by atoms with Crippen molar-refractivity contribution in [3.05, 3.63) is 30.0 Å². The number of likely N-dealkylation sites (tertiary alicyclic amines) is 1. The molecule has 2 heterocycles. The smallest absolute Gasteiger partial charge is 0.253 e. The summed E-state index contributed by atoms with van der Waals surface area (Å²) in [5, 5.41) is 7.87. The fourth-order valence-corrected chi connectivity index (χ4v) is 2.82. The van der Waals surface area contributed by atoms with Crippen LogP contribution in [0.15, 0.2) is 24.4 Å². The summed E-state index contributed by atoms with van der Waals surface area (Å²) >= 11 is 0. The van der Waals surface area contributed by atoms with Crippen LogP contribution in [-0.4, -0.2) is 40.1 Å². The number of hydrogen-bond acceptors (Lipinski definition) is 3. The standard InChI is InChI=1S/C14H18N4O/c1-9-4-12(15)8-18(7-9)14(19)10-2-3-11-6-16-17-13(11)5-10/h2-3,5-6,9,12H,4,7-8,15H2,1H3,(H,16,17). The van der Waals surface area contributed by atoms with Gasteiger partial charge >= 0.3 is 0 Å². The molecule has 1 aliphatic rings. The van der Waals surface area contributed by atoms with Crippen molar-refractivity contribution in [1.82, 2.24) is 15.1 Å². The predicted octanol–water partition coefficient (Wildman–Crippen LogP) is 1.37. The first-order valence-corrected chi connectivity index (χ1v) is 6.61. The monoisotopic (exact) mass is 258 g/mol. The van der Waals surface area contributed by atoms with Crippen LogP contribution in [-0.2, 0) is 0 Å². The minimum Gasteiger partial charge on any atom is -0.337 e. The number of aromatic nitrogens is 2. The van der Waals surface area contributed by atoms with Crippen molar-refractivity contribution in [2.24, 2.45) is 11.7 Å². The van der Waals surface area contributed by atoms with Crippen LogP contribution in [0.4, 0.5) is 0 Å². The summed E-state index contributed by atoms with van der Waals surface area (Å²) in [4.78, 5) is 14.3. The second kappa shape index (κ2) is 4.66. The lowest BCUT2D eigenvalue weighted by Gasteiger charge is -2.34. The van der Waals surface area contributed by atoms with E-state index < -0.39 is 0 Å². The van der Waals surface area contributed by atoms with Gasteiger partial charge in [-0.25, -0.2) is 0 Å². The largest absolute Gasteiger partial charge is 0.337 e. The quantitative estimate of drug-likeness (QED) is 0.811. The zero-order valence-electron chi connectivity index (χ0n) is 11.0. The zero-order chi connectivity index (χ0) is 13.4. The Hall–Kier alpha value is -1.88. The Balaban J connectivity index is 1.86. The van der Waals surface area contributed by atoms with Crippen molar-refractivity contribution < 1.29 is 4.79 Å². The lowest BCUT2D eigenvalue weighted by Crippen LogP contribution is -2.48. The number of hydrogen-bond donors (Lipinski definition) is 2. The minimum atomic E-state index is 0.0542. The van der Waals surface area contributed by atoms with E-state index in [-0.39, 0.29) is 11.9 Å². The number of nitrogens with one attached hydrogen (secondary N) is 1. The SMILES string of the molecule is CC1CC(N)CN(C(=O)c2ccc3cn[nH]c3c2)C1. The summed E-state index contributed by atoms with van der Waals surface area (Å²) < 4.78 is 0. The van der Waals surface area contributed by atoms with E-state index >= 15 is 0 Å². The number of H-pyrrole nitrogens is 1. The molecule has 1 amide bonds. The van der Waals surface area contributed by atoms with Crippen molar-refractivity contribution in [2.45, 2.75) is 19.4 Å². The number of amides is 1. The molecule has 2 aromatic rings. The van der Waals surface area contributed by atoms with E-state index in [1.54, 1.807) is 6.20 Å². The van der Waals surface area contributed by atoms with E-state index in [9.17, 15) is 4.79 Å². The number of aromatic amines is 1. The molecule has 1 fully saturated rings. The van der Waals surface area contributed by atoms with Crippen molar-refractivity contribution in [2.75, 3.05) is 13.1 Å². The fraction of sp³-hybridized carbons (Fsp3) is 0.429. The Morgan fingerprint density at radius 3 is 3.11 bits per heavy atom. The lowest BCUT2D eigenvalue weighted by molar-refractivity contribution is 0.0661. The fourth-order valence-electron chi connectivity index (χ4n) is 2.82. The molecule has 1 aromatic heterocycles. The molecule has 19 heavy (non-hydrogen) atoms. The van der Waals surface area contributed by atoms with Gasteiger partial charge in [0.05, 0.1) is 11.7 Å². The van der Waals surface area contributed by atoms with Crippen molar-refractivity contribution in [3.8, 4) is 0 Å². The van der Waals surface area contributed by atoms with Crippen LogP contribution in [0.25, 0.3) is 10.9 Å². The van der Waals surface area contributed by atoms with Gasteiger partial charge in [0.1, 0.15) is 0 Å². The van der Waals surface area contributed by atoms with Gasteiger partial charge < -0.3 is 10.6 Å². The summed E-state index contributed by atoms with van der Waals surface area (Å²) in [5.41, 5.74) is 7.58. The number of nitrogens with two attached hydrogens (primary N) is 1. The topological polar surface area (TPSA) is 75.0 Å².